The first-order chi connectivity index (χ1) is 8.22. The maximum Gasteiger partial charge on any atom is 0.224 e. The lowest BCUT2D eigenvalue weighted by atomic mass is 10.2. The number of hydrogen-bond acceptors (Lipinski definition) is 2. The first kappa shape index (κ1) is 10.7. The number of likely N-dealkylation sites (tertiary alicyclic amines) is 1. The molecule has 1 aromatic heterocycles. The van der Waals surface area contributed by atoms with Crippen LogP contribution < -0.4 is 0 Å². The summed E-state index contributed by atoms with van der Waals surface area (Å²) in [5, 5.41) is 1.38. The topological polar surface area (TPSA) is 36.1 Å². The lowest BCUT2D eigenvalue weighted by Gasteiger charge is -2.14. The van der Waals surface area contributed by atoms with Gasteiger partial charge in [0.05, 0.1) is 6.54 Å². The minimum atomic E-state index is 0.187. The van der Waals surface area contributed by atoms with E-state index in [1.807, 2.05) is 23.1 Å². The van der Waals surface area contributed by atoms with Gasteiger partial charge in [-0.15, -0.1) is 0 Å². The monoisotopic (exact) mass is 246 g/mol. The number of benzene rings is 1. The summed E-state index contributed by atoms with van der Waals surface area (Å²) in [6.45, 7) is 1.40. The van der Waals surface area contributed by atoms with E-state index in [0.717, 1.165) is 17.8 Å². The van der Waals surface area contributed by atoms with Crippen LogP contribution in [-0.4, -0.2) is 27.6 Å². The predicted octanol–water partition coefficient (Wildman–Crippen LogP) is 2.20. The van der Waals surface area contributed by atoms with Crippen LogP contribution in [0.4, 0.5) is 0 Å². The standard InChI is InChI=1S/C13H14N2OS/c16-13-6-11(17)8-15(13)7-10-5-9-3-1-2-4-12(9)14-10/h1-5,11,14,17H,6-8H2. The van der Waals surface area contributed by atoms with Crippen LogP contribution in [0, 0.1) is 0 Å². The zero-order valence-corrected chi connectivity index (χ0v) is 10.3. The summed E-state index contributed by atoms with van der Waals surface area (Å²) in [4.78, 5) is 16.9. The molecule has 0 spiro atoms. The number of H-pyrrole nitrogens is 1. The third kappa shape index (κ3) is 2.05. The van der Waals surface area contributed by atoms with E-state index in [9.17, 15) is 4.79 Å². The van der Waals surface area contributed by atoms with Crippen LogP contribution in [0.5, 0.6) is 0 Å². The smallest absolute Gasteiger partial charge is 0.224 e. The van der Waals surface area contributed by atoms with Crippen molar-refractivity contribution < 1.29 is 4.79 Å². The van der Waals surface area contributed by atoms with Crippen LogP contribution in [0.25, 0.3) is 10.9 Å². The van der Waals surface area contributed by atoms with Gasteiger partial charge in [-0.1, -0.05) is 18.2 Å². The number of amides is 1. The highest BCUT2D eigenvalue weighted by molar-refractivity contribution is 7.81. The number of para-hydroxylation sites is 1. The highest BCUT2D eigenvalue weighted by Crippen LogP contribution is 2.20. The number of aromatic amines is 1. The summed E-state index contributed by atoms with van der Waals surface area (Å²) in [6, 6.07) is 10.3. The summed E-state index contributed by atoms with van der Waals surface area (Å²) < 4.78 is 0. The number of rotatable bonds is 2. The molecule has 17 heavy (non-hydrogen) atoms. The van der Waals surface area contributed by atoms with Crippen LogP contribution in [0.15, 0.2) is 30.3 Å². The highest BCUT2D eigenvalue weighted by Gasteiger charge is 2.27. The van der Waals surface area contributed by atoms with Crippen LogP contribution in [0.2, 0.25) is 0 Å². The Bertz CT molecular complexity index is 530. The molecule has 88 valence electrons. The Morgan fingerprint density at radius 2 is 2.24 bits per heavy atom. The van der Waals surface area contributed by atoms with Crippen LogP contribution in [0.3, 0.4) is 0 Å². The summed E-state index contributed by atoms with van der Waals surface area (Å²) in [5.41, 5.74) is 2.21. The molecule has 3 nitrogen and oxygen atoms in total. The van der Waals surface area contributed by atoms with E-state index < -0.39 is 0 Å². The van der Waals surface area contributed by atoms with Gasteiger partial charge < -0.3 is 9.88 Å². The van der Waals surface area contributed by atoms with Crippen molar-refractivity contribution in [2.75, 3.05) is 6.54 Å². The van der Waals surface area contributed by atoms with Gasteiger partial charge in [0.2, 0.25) is 5.91 Å². The zero-order chi connectivity index (χ0) is 11.8. The molecule has 1 fully saturated rings. The van der Waals surface area contributed by atoms with Crippen LogP contribution in [0.1, 0.15) is 12.1 Å². The van der Waals surface area contributed by atoms with E-state index in [0.29, 0.717) is 13.0 Å². The lowest BCUT2D eigenvalue weighted by Crippen LogP contribution is -2.24. The summed E-state index contributed by atoms with van der Waals surface area (Å²) in [7, 11) is 0. The number of carbonyl (C=O) groups is 1. The zero-order valence-electron chi connectivity index (χ0n) is 9.39. The molecule has 0 saturated carbocycles. The fraction of sp³-hybridized carbons (Fsp3) is 0.308. The van der Waals surface area contributed by atoms with Crippen molar-refractivity contribution in [3.8, 4) is 0 Å². The van der Waals surface area contributed by atoms with Gasteiger partial charge in [0.25, 0.3) is 0 Å². The molecule has 0 radical (unpaired) electrons. The van der Waals surface area contributed by atoms with Gasteiger partial charge in [0.1, 0.15) is 0 Å². The second kappa shape index (κ2) is 4.11. The molecule has 0 aliphatic carbocycles. The molecule has 4 heteroatoms. The maximum atomic E-state index is 11.7. The van der Waals surface area contributed by atoms with Gasteiger partial charge in [-0.2, -0.15) is 12.6 Å². The van der Waals surface area contributed by atoms with Gasteiger partial charge in [0, 0.05) is 29.4 Å². The van der Waals surface area contributed by atoms with Gasteiger partial charge in [-0.3, -0.25) is 4.79 Å². The fourth-order valence-electron chi connectivity index (χ4n) is 2.33. The second-order valence-electron chi connectivity index (χ2n) is 4.51. The Morgan fingerprint density at radius 1 is 1.41 bits per heavy atom. The molecule has 2 heterocycles. The molecule has 2 aromatic rings. The number of hydrogen-bond donors (Lipinski definition) is 2. The Kier molecular flexibility index (Phi) is 2.59. The van der Waals surface area contributed by atoms with Gasteiger partial charge in [-0.25, -0.2) is 0 Å². The molecule has 1 aliphatic heterocycles. The number of nitrogens with zero attached hydrogens (tertiary/aromatic N) is 1. The molecule has 1 aliphatic rings. The third-order valence-corrected chi connectivity index (χ3v) is 3.49. The molecule has 1 N–H and O–H groups in total. The van der Waals surface area contributed by atoms with E-state index in [1.165, 1.54) is 5.39 Å². The van der Waals surface area contributed by atoms with E-state index in [-0.39, 0.29) is 11.2 Å². The molecule has 1 aromatic carbocycles. The van der Waals surface area contributed by atoms with E-state index in [2.05, 4.69) is 29.7 Å². The maximum absolute atomic E-state index is 11.7. The first-order valence-corrected chi connectivity index (χ1v) is 6.26. The van der Waals surface area contributed by atoms with Gasteiger partial charge in [0.15, 0.2) is 0 Å². The highest BCUT2D eigenvalue weighted by atomic mass is 32.1. The van der Waals surface area contributed by atoms with Crippen molar-refractivity contribution >= 4 is 29.4 Å². The minimum absolute atomic E-state index is 0.187. The largest absolute Gasteiger partial charge is 0.357 e. The van der Waals surface area contributed by atoms with Crippen LogP contribution in [-0.2, 0) is 11.3 Å². The van der Waals surface area contributed by atoms with Crippen molar-refractivity contribution in [3.63, 3.8) is 0 Å². The Balaban J connectivity index is 1.83. The van der Waals surface area contributed by atoms with Gasteiger partial charge in [-0.05, 0) is 17.5 Å². The van der Waals surface area contributed by atoms with Crippen molar-refractivity contribution in [1.82, 2.24) is 9.88 Å². The van der Waals surface area contributed by atoms with E-state index in [1.54, 1.807) is 0 Å². The molecule has 0 bridgehead atoms. The molecule has 1 amide bonds. The Labute approximate surface area is 105 Å². The Morgan fingerprint density at radius 3 is 2.94 bits per heavy atom. The predicted molar refractivity (Wildman–Crippen MR) is 71.1 cm³/mol. The molecule has 3 rings (SSSR count). The van der Waals surface area contributed by atoms with Crippen molar-refractivity contribution in [1.29, 1.82) is 0 Å². The van der Waals surface area contributed by atoms with Crippen molar-refractivity contribution in [3.05, 3.63) is 36.0 Å². The number of fused-ring (bicyclic) bond motifs is 1. The van der Waals surface area contributed by atoms with Gasteiger partial charge >= 0.3 is 0 Å². The number of carbonyl (C=O) groups excluding carboxylic acids is 1. The van der Waals surface area contributed by atoms with Crippen LogP contribution >= 0.6 is 12.6 Å². The summed E-state index contributed by atoms with van der Waals surface area (Å²) in [6.07, 6.45) is 0.559. The normalized spacial score (nSPS) is 20.4. The number of thiol groups is 1. The average Bonchev–Trinajstić information content (AvgIpc) is 2.82. The van der Waals surface area contributed by atoms with E-state index >= 15 is 0 Å². The van der Waals surface area contributed by atoms with Crippen molar-refractivity contribution in [2.24, 2.45) is 0 Å². The summed E-state index contributed by atoms with van der Waals surface area (Å²) >= 11 is 4.35. The second-order valence-corrected chi connectivity index (χ2v) is 5.24. The molecular weight excluding hydrogens is 232 g/mol. The summed E-state index contributed by atoms with van der Waals surface area (Å²) in [5.74, 6) is 0.198. The number of nitrogens with one attached hydrogen (secondary N) is 1. The molecule has 1 saturated heterocycles. The average molecular weight is 246 g/mol. The molecule has 1 unspecified atom stereocenters. The fourth-order valence-corrected chi connectivity index (χ4v) is 2.68. The molecular formula is C13H14N2OS. The Hall–Kier alpha value is -1.42. The first-order valence-electron chi connectivity index (χ1n) is 5.75. The molecule has 1 atom stereocenters. The van der Waals surface area contributed by atoms with Crippen molar-refractivity contribution in [2.45, 2.75) is 18.2 Å². The third-order valence-electron chi connectivity index (χ3n) is 3.14. The lowest BCUT2D eigenvalue weighted by molar-refractivity contribution is -0.128. The van der Waals surface area contributed by atoms with E-state index in [4.69, 9.17) is 0 Å². The SMILES string of the molecule is O=C1CC(S)CN1Cc1cc2ccccc2[nH]1. The quantitative estimate of drug-likeness (QED) is 0.783. The minimum Gasteiger partial charge on any atom is -0.357 e. The number of aromatic nitrogens is 1.